The number of rotatable bonds is 9. The fraction of sp³-hybridized carbons (Fsp3) is 0.900. The fourth-order valence-corrected chi connectivity index (χ4v) is 0.899. The maximum Gasteiger partial charge on any atom is 0.0629 e. The highest BCUT2D eigenvalue weighted by Gasteiger charge is 2.30. The summed E-state index contributed by atoms with van der Waals surface area (Å²) < 4.78 is 5.09. The molecule has 0 bridgehead atoms. The molecule has 0 aliphatic carbocycles. The third-order valence-corrected chi connectivity index (χ3v) is 2.43. The summed E-state index contributed by atoms with van der Waals surface area (Å²) in [5, 5.41) is 44.7. The van der Waals surface area contributed by atoms with Gasteiger partial charge in [0, 0.05) is 5.41 Å². The first-order valence-corrected chi connectivity index (χ1v) is 4.92. The quantitative estimate of drug-likeness (QED) is 0.306. The molecule has 0 atom stereocenters. The molecule has 0 aliphatic heterocycles. The second-order valence-corrected chi connectivity index (χ2v) is 4.15. The summed E-state index contributed by atoms with van der Waals surface area (Å²) in [5.41, 5.74) is -2.39. The zero-order valence-corrected chi connectivity index (χ0v) is 9.17. The monoisotopic (exact) mass is 236 g/mol. The Morgan fingerprint density at radius 1 is 0.750 bits per heavy atom. The standard InChI is InChI=1S/C10H20O6/c1-9(2-11,3-12)7-16-8-10(4-13,5-14)6-15/h1,11-15H,2-8H2. The van der Waals surface area contributed by atoms with Gasteiger partial charge in [0.1, 0.15) is 0 Å². The zero-order chi connectivity index (χ0) is 12.7. The average molecular weight is 236 g/mol. The van der Waals surface area contributed by atoms with E-state index in [0.717, 1.165) is 0 Å². The van der Waals surface area contributed by atoms with Gasteiger partial charge in [-0.15, -0.1) is 0 Å². The zero-order valence-electron chi connectivity index (χ0n) is 9.17. The average Bonchev–Trinajstić information content (AvgIpc) is 2.35. The molecular weight excluding hydrogens is 216 g/mol. The molecule has 6 nitrogen and oxygen atoms in total. The van der Waals surface area contributed by atoms with Crippen molar-refractivity contribution in [1.82, 2.24) is 0 Å². The second kappa shape index (κ2) is 7.16. The molecule has 0 aromatic rings. The highest BCUT2D eigenvalue weighted by atomic mass is 16.5. The molecule has 0 rings (SSSR count). The Balaban J connectivity index is 4.13. The lowest BCUT2D eigenvalue weighted by Crippen LogP contribution is -2.41. The predicted octanol–water partition coefficient (Wildman–Crippen LogP) is -2.35. The predicted molar refractivity (Wildman–Crippen MR) is 55.4 cm³/mol. The molecule has 0 heterocycles. The molecule has 0 aliphatic rings. The van der Waals surface area contributed by atoms with Crippen molar-refractivity contribution in [1.29, 1.82) is 0 Å². The van der Waals surface area contributed by atoms with Crippen molar-refractivity contribution in [2.75, 3.05) is 46.2 Å². The first-order valence-electron chi connectivity index (χ1n) is 4.92. The van der Waals surface area contributed by atoms with Gasteiger partial charge in [0.2, 0.25) is 0 Å². The van der Waals surface area contributed by atoms with Crippen LogP contribution in [0, 0.1) is 17.8 Å². The number of ether oxygens (including phenoxy) is 1. The van der Waals surface area contributed by atoms with Crippen LogP contribution in [-0.4, -0.2) is 71.8 Å². The van der Waals surface area contributed by atoms with Crippen molar-refractivity contribution in [3.05, 3.63) is 6.92 Å². The lowest BCUT2D eigenvalue weighted by atomic mass is 9.91. The normalized spacial score (nSPS) is 13.1. The van der Waals surface area contributed by atoms with E-state index in [1.165, 1.54) is 0 Å². The lowest BCUT2D eigenvalue weighted by Gasteiger charge is -2.30. The maximum atomic E-state index is 8.99. The van der Waals surface area contributed by atoms with Gasteiger partial charge >= 0.3 is 0 Å². The molecule has 96 valence electrons. The molecule has 0 fully saturated rings. The Hall–Kier alpha value is -0.240. The van der Waals surface area contributed by atoms with E-state index in [2.05, 4.69) is 0 Å². The fourth-order valence-electron chi connectivity index (χ4n) is 0.899. The van der Waals surface area contributed by atoms with Crippen molar-refractivity contribution >= 4 is 0 Å². The Morgan fingerprint density at radius 3 is 1.50 bits per heavy atom. The van der Waals surface area contributed by atoms with Crippen LogP contribution in [0.5, 0.6) is 0 Å². The maximum absolute atomic E-state index is 8.99. The molecule has 16 heavy (non-hydrogen) atoms. The summed E-state index contributed by atoms with van der Waals surface area (Å²) in [4.78, 5) is 0. The third kappa shape index (κ3) is 4.32. The van der Waals surface area contributed by atoms with Gasteiger partial charge in [-0.2, -0.15) is 0 Å². The van der Waals surface area contributed by atoms with E-state index in [-0.39, 0.29) is 13.2 Å². The summed E-state index contributed by atoms with van der Waals surface area (Å²) in [6.45, 7) is 3.08. The van der Waals surface area contributed by atoms with Gasteiger partial charge in [-0.3, -0.25) is 0 Å². The van der Waals surface area contributed by atoms with Crippen LogP contribution in [0.1, 0.15) is 0 Å². The largest absolute Gasteiger partial charge is 0.396 e. The van der Waals surface area contributed by atoms with Crippen LogP contribution >= 0.6 is 0 Å². The molecule has 0 aromatic heterocycles. The number of aliphatic hydroxyl groups is 5. The Bertz CT molecular complexity index is 168. The number of aliphatic hydroxyl groups excluding tert-OH is 5. The number of hydrogen-bond donors (Lipinski definition) is 5. The Kier molecular flexibility index (Phi) is 7.05. The molecule has 0 aromatic carbocycles. The third-order valence-electron chi connectivity index (χ3n) is 2.43. The van der Waals surface area contributed by atoms with Crippen molar-refractivity contribution in [2.24, 2.45) is 10.8 Å². The van der Waals surface area contributed by atoms with Crippen molar-refractivity contribution in [3.8, 4) is 0 Å². The van der Waals surface area contributed by atoms with Crippen LogP contribution in [0.25, 0.3) is 0 Å². The van der Waals surface area contributed by atoms with Gasteiger partial charge in [-0.25, -0.2) is 0 Å². The minimum absolute atomic E-state index is 0.116. The van der Waals surface area contributed by atoms with Crippen LogP contribution in [-0.2, 0) is 4.74 Å². The van der Waals surface area contributed by atoms with Gasteiger partial charge in [0.05, 0.1) is 51.7 Å². The highest BCUT2D eigenvalue weighted by molar-refractivity contribution is 4.82. The molecule has 5 N–H and O–H groups in total. The van der Waals surface area contributed by atoms with Crippen molar-refractivity contribution in [2.45, 2.75) is 0 Å². The SMILES string of the molecule is [CH]C(CO)(CO)COCC(CO)(CO)CO. The molecule has 0 saturated carbocycles. The van der Waals surface area contributed by atoms with Crippen molar-refractivity contribution in [3.63, 3.8) is 0 Å². The molecule has 6 heteroatoms. The Labute approximate surface area is 95.1 Å². The summed E-state index contributed by atoms with van der Waals surface area (Å²) in [6, 6.07) is 0. The van der Waals surface area contributed by atoms with Gasteiger partial charge < -0.3 is 30.3 Å². The summed E-state index contributed by atoms with van der Waals surface area (Å²) in [7, 11) is 0. The van der Waals surface area contributed by atoms with Crippen LogP contribution in [0.15, 0.2) is 0 Å². The smallest absolute Gasteiger partial charge is 0.0629 e. The number of hydrogen-bond acceptors (Lipinski definition) is 6. The van der Waals surface area contributed by atoms with E-state index in [9.17, 15) is 0 Å². The van der Waals surface area contributed by atoms with E-state index >= 15 is 0 Å². The molecule has 0 saturated heterocycles. The molecule has 0 amide bonds. The van der Waals surface area contributed by atoms with Crippen LogP contribution in [0.2, 0.25) is 0 Å². The van der Waals surface area contributed by atoms with Gasteiger partial charge in [-0.1, -0.05) is 0 Å². The van der Waals surface area contributed by atoms with Crippen molar-refractivity contribution < 1.29 is 30.3 Å². The second-order valence-electron chi connectivity index (χ2n) is 4.15. The van der Waals surface area contributed by atoms with Gasteiger partial charge in [0.25, 0.3) is 0 Å². The highest BCUT2D eigenvalue weighted by Crippen LogP contribution is 2.19. The minimum atomic E-state index is -1.26. The van der Waals surface area contributed by atoms with E-state index in [4.69, 9.17) is 37.2 Å². The van der Waals surface area contributed by atoms with E-state index < -0.39 is 43.9 Å². The topological polar surface area (TPSA) is 110 Å². The van der Waals surface area contributed by atoms with E-state index in [1.807, 2.05) is 0 Å². The summed E-state index contributed by atoms with van der Waals surface area (Å²) in [6.07, 6.45) is 0. The van der Waals surface area contributed by atoms with Crippen LogP contribution < -0.4 is 0 Å². The molecule has 2 radical (unpaired) electrons. The Morgan fingerprint density at radius 2 is 1.19 bits per heavy atom. The van der Waals surface area contributed by atoms with E-state index in [1.54, 1.807) is 0 Å². The van der Waals surface area contributed by atoms with Crippen LogP contribution in [0.3, 0.4) is 0 Å². The molecule has 0 unspecified atom stereocenters. The first-order chi connectivity index (χ1) is 7.51. The summed E-state index contributed by atoms with van der Waals surface area (Å²) >= 11 is 0. The molecule has 0 spiro atoms. The van der Waals surface area contributed by atoms with Gasteiger partial charge in [-0.05, 0) is 6.92 Å². The molecular formula is C10H20O6. The minimum Gasteiger partial charge on any atom is -0.396 e. The lowest BCUT2D eigenvalue weighted by molar-refractivity contribution is -0.0817. The summed E-state index contributed by atoms with van der Waals surface area (Å²) in [5.74, 6) is 0. The van der Waals surface area contributed by atoms with Gasteiger partial charge in [0.15, 0.2) is 0 Å². The van der Waals surface area contributed by atoms with E-state index in [0.29, 0.717) is 0 Å². The first kappa shape index (κ1) is 15.8. The van der Waals surface area contributed by atoms with Crippen LogP contribution in [0.4, 0.5) is 0 Å².